The predicted molar refractivity (Wildman–Crippen MR) is 78.7 cm³/mol. The highest BCUT2D eigenvalue weighted by Crippen LogP contribution is 2.33. The molecule has 1 N–H and O–H groups in total. The average Bonchev–Trinajstić information content (AvgIpc) is 2.75. The summed E-state index contributed by atoms with van der Waals surface area (Å²) in [5.74, 6) is -0.127. The van der Waals surface area contributed by atoms with Crippen molar-refractivity contribution in [1.29, 1.82) is 0 Å². The van der Waals surface area contributed by atoms with Gasteiger partial charge in [0.05, 0.1) is 10.6 Å². The number of Topliss-reactive ketones (excluding diaryl/α,β-unsaturated/α-hetero) is 1. The standard InChI is InChI=1S/C13H19NO4S2/c1-3-6-20(17,18)14-5-4-12-10(7-14)9(2)13(19-12)11(16)8-15/h15H,3-8H2,1-2H3. The van der Waals surface area contributed by atoms with Gasteiger partial charge in [0.25, 0.3) is 0 Å². The lowest BCUT2D eigenvalue weighted by Crippen LogP contribution is -2.37. The van der Waals surface area contributed by atoms with Crippen LogP contribution in [0.2, 0.25) is 0 Å². The van der Waals surface area contributed by atoms with Gasteiger partial charge >= 0.3 is 0 Å². The van der Waals surface area contributed by atoms with Crippen LogP contribution in [0.15, 0.2) is 0 Å². The van der Waals surface area contributed by atoms with Gasteiger partial charge in [-0.2, -0.15) is 4.31 Å². The molecule has 5 nitrogen and oxygen atoms in total. The quantitative estimate of drug-likeness (QED) is 0.831. The van der Waals surface area contributed by atoms with E-state index in [9.17, 15) is 13.2 Å². The van der Waals surface area contributed by atoms with Crippen molar-refractivity contribution in [2.24, 2.45) is 0 Å². The second-order valence-electron chi connectivity index (χ2n) is 4.94. The van der Waals surface area contributed by atoms with Gasteiger partial charge in [0.2, 0.25) is 10.0 Å². The third-order valence-corrected chi connectivity index (χ3v) is 6.99. The highest BCUT2D eigenvalue weighted by atomic mass is 32.2. The lowest BCUT2D eigenvalue weighted by atomic mass is 10.0. The smallest absolute Gasteiger partial charge is 0.214 e. The third-order valence-electron chi connectivity index (χ3n) is 3.53. The maximum Gasteiger partial charge on any atom is 0.214 e. The number of thiophene rings is 1. The normalized spacial score (nSPS) is 16.1. The molecule has 0 atom stereocenters. The van der Waals surface area contributed by atoms with Gasteiger partial charge in [-0.1, -0.05) is 6.92 Å². The van der Waals surface area contributed by atoms with Crippen LogP contribution in [0.3, 0.4) is 0 Å². The summed E-state index contributed by atoms with van der Waals surface area (Å²) in [4.78, 5) is 13.3. The number of aliphatic hydroxyl groups is 1. The molecule has 1 aromatic heterocycles. The van der Waals surface area contributed by atoms with Crippen molar-refractivity contribution in [2.45, 2.75) is 33.2 Å². The Balaban J connectivity index is 2.31. The molecule has 0 amide bonds. The number of ketones is 1. The molecule has 0 saturated heterocycles. The largest absolute Gasteiger partial charge is 0.388 e. The zero-order valence-corrected chi connectivity index (χ0v) is 13.3. The number of carbonyl (C=O) groups is 1. The summed E-state index contributed by atoms with van der Waals surface area (Å²) in [6.45, 7) is 3.99. The maximum atomic E-state index is 12.1. The lowest BCUT2D eigenvalue weighted by Gasteiger charge is -2.26. The fourth-order valence-corrected chi connectivity index (χ4v) is 5.16. The van der Waals surface area contributed by atoms with Crippen LogP contribution >= 0.6 is 11.3 Å². The average molecular weight is 317 g/mol. The molecule has 7 heteroatoms. The molecule has 112 valence electrons. The van der Waals surface area contributed by atoms with Gasteiger partial charge in [0, 0.05) is 18.0 Å². The highest BCUT2D eigenvalue weighted by Gasteiger charge is 2.30. The molecule has 0 bridgehead atoms. The van der Waals surface area contributed by atoms with Crippen LogP contribution in [-0.4, -0.2) is 42.5 Å². The monoisotopic (exact) mass is 317 g/mol. The molecule has 0 aliphatic carbocycles. The topological polar surface area (TPSA) is 74.7 Å². The molecule has 0 fully saturated rings. The Hall–Kier alpha value is -0.760. The van der Waals surface area contributed by atoms with Crippen LogP contribution in [0.4, 0.5) is 0 Å². The molecule has 0 aromatic carbocycles. The lowest BCUT2D eigenvalue weighted by molar-refractivity contribution is 0.0907. The van der Waals surface area contributed by atoms with E-state index in [2.05, 4.69) is 0 Å². The Morgan fingerprint density at radius 1 is 1.45 bits per heavy atom. The van der Waals surface area contributed by atoms with E-state index in [1.807, 2.05) is 13.8 Å². The minimum Gasteiger partial charge on any atom is -0.388 e. The summed E-state index contributed by atoms with van der Waals surface area (Å²) >= 11 is 1.39. The van der Waals surface area contributed by atoms with Crippen LogP contribution in [0.25, 0.3) is 0 Å². The van der Waals surface area contributed by atoms with E-state index in [-0.39, 0.29) is 11.5 Å². The molecule has 0 radical (unpaired) electrons. The van der Waals surface area contributed by atoms with E-state index in [0.717, 1.165) is 16.0 Å². The predicted octanol–water partition coefficient (Wildman–Crippen LogP) is 1.33. The minimum atomic E-state index is -3.21. The number of hydrogen-bond acceptors (Lipinski definition) is 5. The van der Waals surface area contributed by atoms with Crippen LogP contribution in [0.1, 0.15) is 39.0 Å². The highest BCUT2D eigenvalue weighted by molar-refractivity contribution is 7.89. The van der Waals surface area contributed by atoms with Crippen molar-refractivity contribution < 1.29 is 18.3 Å². The Bertz CT molecular complexity index is 619. The van der Waals surface area contributed by atoms with Gasteiger partial charge in [0.1, 0.15) is 6.61 Å². The molecule has 2 heterocycles. The molecular formula is C13H19NO4S2. The molecule has 1 aliphatic heterocycles. The first kappa shape index (κ1) is 15.6. The number of carbonyl (C=O) groups excluding carboxylic acids is 1. The Labute approximate surface area is 123 Å². The van der Waals surface area contributed by atoms with Crippen LogP contribution < -0.4 is 0 Å². The zero-order chi connectivity index (χ0) is 14.9. The molecule has 0 spiro atoms. The van der Waals surface area contributed by atoms with E-state index in [1.54, 1.807) is 0 Å². The van der Waals surface area contributed by atoms with E-state index in [1.165, 1.54) is 15.6 Å². The van der Waals surface area contributed by atoms with Crippen molar-refractivity contribution >= 4 is 27.1 Å². The zero-order valence-electron chi connectivity index (χ0n) is 11.7. The van der Waals surface area contributed by atoms with Gasteiger partial charge in [-0.25, -0.2) is 8.42 Å². The maximum absolute atomic E-state index is 12.1. The second-order valence-corrected chi connectivity index (χ2v) is 8.13. The van der Waals surface area contributed by atoms with Crippen molar-refractivity contribution in [3.05, 3.63) is 20.9 Å². The van der Waals surface area contributed by atoms with E-state index in [4.69, 9.17) is 5.11 Å². The summed E-state index contributed by atoms with van der Waals surface area (Å²) in [6, 6.07) is 0. The van der Waals surface area contributed by atoms with Gasteiger partial charge in [0.15, 0.2) is 5.78 Å². The summed E-state index contributed by atoms with van der Waals surface area (Å²) in [5, 5.41) is 8.98. The summed E-state index contributed by atoms with van der Waals surface area (Å²) in [6.07, 6.45) is 1.24. The number of nitrogens with zero attached hydrogens (tertiary/aromatic N) is 1. The number of rotatable bonds is 5. The Morgan fingerprint density at radius 3 is 2.75 bits per heavy atom. The molecule has 2 rings (SSSR count). The van der Waals surface area contributed by atoms with Gasteiger partial charge in [-0.3, -0.25) is 4.79 Å². The first-order chi connectivity index (χ1) is 9.40. The fraction of sp³-hybridized carbons (Fsp3) is 0.615. The van der Waals surface area contributed by atoms with Crippen LogP contribution in [-0.2, 0) is 23.0 Å². The van der Waals surface area contributed by atoms with Crippen molar-refractivity contribution in [1.82, 2.24) is 4.31 Å². The molecule has 0 saturated carbocycles. The summed E-state index contributed by atoms with van der Waals surface area (Å²) < 4.78 is 25.8. The Kier molecular flexibility index (Phi) is 4.63. The minimum absolute atomic E-state index is 0.161. The summed E-state index contributed by atoms with van der Waals surface area (Å²) in [7, 11) is -3.21. The number of fused-ring (bicyclic) bond motifs is 1. The first-order valence-corrected chi connectivity index (χ1v) is 9.06. The first-order valence-electron chi connectivity index (χ1n) is 6.63. The van der Waals surface area contributed by atoms with Crippen molar-refractivity contribution in [3.63, 3.8) is 0 Å². The van der Waals surface area contributed by atoms with Crippen molar-refractivity contribution in [3.8, 4) is 0 Å². The fourth-order valence-electron chi connectivity index (χ4n) is 2.46. The van der Waals surface area contributed by atoms with Gasteiger partial charge in [-0.05, 0) is 30.9 Å². The number of sulfonamides is 1. The molecule has 20 heavy (non-hydrogen) atoms. The number of aliphatic hydroxyl groups excluding tert-OH is 1. The third kappa shape index (κ3) is 2.81. The van der Waals surface area contributed by atoms with Gasteiger partial charge in [-0.15, -0.1) is 11.3 Å². The van der Waals surface area contributed by atoms with Crippen molar-refractivity contribution in [2.75, 3.05) is 18.9 Å². The van der Waals surface area contributed by atoms with Crippen LogP contribution in [0.5, 0.6) is 0 Å². The molecule has 1 aliphatic rings. The van der Waals surface area contributed by atoms with E-state index >= 15 is 0 Å². The molecular weight excluding hydrogens is 298 g/mol. The summed E-state index contributed by atoms with van der Waals surface area (Å²) in [5.41, 5.74) is 1.76. The van der Waals surface area contributed by atoms with E-state index < -0.39 is 16.6 Å². The van der Waals surface area contributed by atoms with E-state index in [0.29, 0.717) is 30.8 Å². The molecule has 0 unspecified atom stereocenters. The second kappa shape index (κ2) is 5.93. The number of hydrogen-bond donors (Lipinski definition) is 1. The van der Waals surface area contributed by atoms with Gasteiger partial charge < -0.3 is 5.11 Å². The SMILES string of the molecule is CCCS(=O)(=O)N1CCc2sc(C(=O)CO)c(C)c2C1. The Morgan fingerprint density at radius 2 is 2.15 bits per heavy atom. The van der Waals surface area contributed by atoms with Crippen LogP contribution in [0, 0.1) is 6.92 Å². The molecule has 1 aromatic rings.